The molecule has 0 saturated carbocycles. The quantitative estimate of drug-likeness (QED) is 0.804. The van der Waals surface area contributed by atoms with Crippen molar-refractivity contribution in [2.45, 2.75) is 19.0 Å². The largest absolute Gasteiger partial charge is 0.496 e. The van der Waals surface area contributed by atoms with Gasteiger partial charge >= 0.3 is 6.18 Å². The zero-order valence-electron chi connectivity index (χ0n) is 8.84. The molecule has 0 heterocycles. The molecule has 1 aromatic rings. The van der Waals surface area contributed by atoms with E-state index in [1.54, 1.807) is 0 Å². The predicted octanol–water partition coefficient (Wildman–Crippen LogP) is 3.58. The Hall–Kier alpha value is -0.840. The van der Waals surface area contributed by atoms with Gasteiger partial charge in [-0.3, -0.25) is 0 Å². The molecule has 16 heavy (non-hydrogen) atoms. The highest BCUT2D eigenvalue weighted by Gasteiger charge is 2.30. The molecule has 0 aliphatic heterocycles. The average molecular weight is 250 g/mol. The van der Waals surface area contributed by atoms with E-state index in [2.05, 4.69) is 12.6 Å². The number of hydrogen-bond acceptors (Lipinski definition) is 2. The average Bonchev–Trinajstić information content (AvgIpc) is 2.24. The lowest BCUT2D eigenvalue weighted by atomic mass is 10.1. The van der Waals surface area contributed by atoms with Gasteiger partial charge in [-0.25, -0.2) is 0 Å². The normalized spacial score (nSPS) is 11.6. The maximum atomic E-state index is 12.5. The van der Waals surface area contributed by atoms with Crippen LogP contribution in [-0.4, -0.2) is 12.9 Å². The van der Waals surface area contributed by atoms with E-state index in [1.165, 1.54) is 13.2 Å². The molecule has 1 rings (SSSR count). The predicted molar refractivity (Wildman–Crippen MR) is 60.2 cm³/mol. The summed E-state index contributed by atoms with van der Waals surface area (Å²) in [6, 6.07) is 3.53. The molecule has 0 aliphatic rings. The maximum absolute atomic E-state index is 12.5. The molecule has 1 nitrogen and oxygen atoms in total. The third kappa shape index (κ3) is 3.33. The van der Waals surface area contributed by atoms with Crippen molar-refractivity contribution in [2.24, 2.45) is 0 Å². The zero-order chi connectivity index (χ0) is 12.2. The summed E-state index contributed by atoms with van der Waals surface area (Å²) >= 11 is 4.03. The summed E-state index contributed by atoms with van der Waals surface area (Å²) in [5.41, 5.74) is -0.0613. The Morgan fingerprint density at radius 3 is 2.50 bits per heavy atom. The standard InChI is InChI=1S/C11H13F3OS/c1-15-10-5-4-9(11(12,13)14)7-8(10)3-2-6-16/h4-5,7,16H,2-3,6H2,1H3. The molecule has 0 amide bonds. The fraction of sp³-hybridized carbons (Fsp3) is 0.455. The summed E-state index contributed by atoms with van der Waals surface area (Å²) in [5.74, 6) is 1.13. The lowest BCUT2D eigenvalue weighted by Crippen LogP contribution is -2.06. The summed E-state index contributed by atoms with van der Waals surface area (Å²) in [6.45, 7) is 0. The van der Waals surface area contributed by atoms with E-state index in [9.17, 15) is 13.2 Å². The Kier molecular flexibility index (Phi) is 4.53. The molecule has 0 atom stereocenters. The highest BCUT2D eigenvalue weighted by atomic mass is 32.1. The number of halogens is 3. The van der Waals surface area contributed by atoms with Crippen LogP contribution >= 0.6 is 12.6 Å². The first-order valence-electron chi connectivity index (χ1n) is 4.84. The van der Waals surface area contributed by atoms with Crippen molar-refractivity contribution in [3.63, 3.8) is 0 Å². The minimum Gasteiger partial charge on any atom is -0.496 e. The fourth-order valence-electron chi connectivity index (χ4n) is 1.42. The van der Waals surface area contributed by atoms with Crippen molar-refractivity contribution in [1.82, 2.24) is 0 Å². The Morgan fingerprint density at radius 2 is 2.00 bits per heavy atom. The van der Waals surface area contributed by atoms with Crippen LogP contribution in [-0.2, 0) is 12.6 Å². The van der Waals surface area contributed by atoms with E-state index >= 15 is 0 Å². The molecule has 0 N–H and O–H groups in total. The van der Waals surface area contributed by atoms with Gasteiger partial charge in [0.05, 0.1) is 12.7 Å². The van der Waals surface area contributed by atoms with Crippen molar-refractivity contribution in [3.8, 4) is 5.75 Å². The van der Waals surface area contributed by atoms with E-state index < -0.39 is 11.7 Å². The van der Waals surface area contributed by atoms with Gasteiger partial charge < -0.3 is 4.74 Å². The number of ether oxygens (including phenoxy) is 1. The van der Waals surface area contributed by atoms with E-state index in [4.69, 9.17) is 4.74 Å². The smallest absolute Gasteiger partial charge is 0.416 e. The van der Waals surface area contributed by atoms with Crippen LogP contribution in [0, 0.1) is 0 Å². The van der Waals surface area contributed by atoms with Gasteiger partial charge in [-0.2, -0.15) is 25.8 Å². The first-order valence-corrected chi connectivity index (χ1v) is 5.47. The van der Waals surface area contributed by atoms with Crippen molar-refractivity contribution < 1.29 is 17.9 Å². The van der Waals surface area contributed by atoms with Crippen LogP contribution in [0.5, 0.6) is 5.75 Å². The van der Waals surface area contributed by atoms with Crippen LogP contribution < -0.4 is 4.74 Å². The number of aryl methyl sites for hydroxylation is 1. The first kappa shape index (κ1) is 13.2. The molecule has 90 valence electrons. The van der Waals surface area contributed by atoms with Gasteiger partial charge in [0.25, 0.3) is 0 Å². The topological polar surface area (TPSA) is 9.23 Å². The summed E-state index contributed by atoms with van der Waals surface area (Å²) in [6.07, 6.45) is -3.04. The SMILES string of the molecule is COc1ccc(C(F)(F)F)cc1CCCS. The molecule has 0 aromatic heterocycles. The van der Waals surface area contributed by atoms with E-state index in [-0.39, 0.29) is 0 Å². The van der Waals surface area contributed by atoms with Crippen molar-refractivity contribution in [1.29, 1.82) is 0 Å². The summed E-state index contributed by atoms with van der Waals surface area (Å²) in [4.78, 5) is 0. The number of hydrogen-bond donors (Lipinski definition) is 1. The van der Waals surface area contributed by atoms with Crippen molar-refractivity contribution >= 4 is 12.6 Å². The molecule has 0 bridgehead atoms. The van der Waals surface area contributed by atoms with Crippen LogP contribution in [0.25, 0.3) is 0 Å². The summed E-state index contributed by atoms with van der Waals surface area (Å²) in [5, 5.41) is 0. The van der Waals surface area contributed by atoms with Gasteiger partial charge in [0.1, 0.15) is 5.75 Å². The van der Waals surface area contributed by atoms with Crippen molar-refractivity contribution in [2.75, 3.05) is 12.9 Å². The molecule has 0 aliphatic carbocycles. The Morgan fingerprint density at radius 1 is 1.31 bits per heavy atom. The minimum absolute atomic E-state index is 0.495. The number of methoxy groups -OCH3 is 1. The van der Waals surface area contributed by atoms with E-state index in [0.717, 1.165) is 18.6 Å². The van der Waals surface area contributed by atoms with Gasteiger partial charge in [-0.15, -0.1) is 0 Å². The molecular weight excluding hydrogens is 237 g/mol. The van der Waals surface area contributed by atoms with E-state index in [0.29, 0.717) is 23.5 Å². The second kappa shape index (κ2) is 5.48. The summed E-state index contributed by atoms with van der Waals surface area (Å²) in [7, 11) is 1.45. The molecule has 1 aromatic carbocycles. The van der Waals surface area contributed by atoms with E-state index in [1.807, 2.05) is 0 Å². The number of alkyl halides is 3. The highest BCUT2D eigenvalue weighted by molar-refractivity contribution is 7.80. The minimum atomic E-state index is -4.30. The molecule has 0 unspecified atom stereocenters. The van der Waals surface area contributed by atoms with Crippen molar-refractivity contribution in [3.05, 3.63) is 29.3 Å². The fourth-order valence-corrected chi connectivity index (χ4v) is 1.58. The van der Waals surface area contributed by atoms with Crippen LogP contribution in [0.15, 0.2) is 18.2 Å². The van der Waals surface area contributed by atoms with Gasteiger partial charge in [0.2, 0.25) is 0 Å². The second-order valence-corrected chi connectivity index (χ2v) is 3.80. The monoisotopic (exact) mass is 250 g/mol. The number of thiol groups is 1. The lowest BCUT2D eigenvalue weighted by molar-refractivity contribution is -0.137. The Balaban J connectivity index is 3.01. The third-order valence-corrected chi connectivity index (χ3v) is 2.53. The van der Waals surface area contributed by atoms with Gasteiger partial charge in [-0.1, -0.05) is 0 Å². The number of benzene rings is 1. The van der Waals surface area contributed by atoms with Crippen LogP contribution in [0.1, 0.15) is 17.5 Å². The molecule has 5 heteroatoms. The molecule has 0 radical (unpaired) electrons. The third-order valence-electron chi connectivity index (χ3n) is 2.21. The second-order valence-electron chi connectivity index (χ2n) is 3.35. The van der Waals surface area contributed by atoms with Gasteiger partial charge in [0.15, 0.2) is 0 Å². The van der Waals surface area contributed by atoms with Crippen LogP contribution in [0.2, 0.25) is 0 Å². The zero-order valence-corrected chi connectivity index (χ0v) is 9.74. The Labute approximate surface area is 98.0 Å². The molecule has 0 fully saturated rings. The number of rotatable bonds is 4. The lowest BCUT2D eigenvalue weighted by Gasteiger charge is -2.12. The molecule has 0 saturated heterocycles. The Bertz CT molecular complexity index is 350. The maximum Gasteiger partial charge on any atom is 0.416 e. The first-order chi connectivity index (χ1) is 7.49. The van der Waals surface area contributed by atoms with Gasteiger partial charge in [-0.05, 0) is 42.4 Å². The van der Waals surface area contributed by atoms with Crippen LogP contribution in [0.4, 0.5) is 13.2 Å². The summed E-state index contributed by atoms with van der Waals surface area (Å²) < 4.78 is 42.4. The van der Waals surface area contributed by atoms with Gasteiger partial charge in [0, 0.05) is 0 Å². The molecule has 0 spiro atoms. The molecular formula is C11H13F3OS. The highest BCUT2D eigenvalue weighted by Crippen LogP contribution is 2.32. The van der Waals surface area contributed by atoms with Crippen LogP contribution in [0.3, 0.4) is 0 Å².